The van der Waals surface area contributed by atoms with Gasteiger partial charge in [-0.25, -0.2) is 0 Å². The van der Waals surface area contributed by atoms with Crippen molar-refractivity contribution in [2.24, 2.45) is 0 Å². The number of benzene rings is 1. The second-order valence-corrected chi connectivity index (χ2v) is 4.78. The van der Waals surface area contributed by atoms with Crippen molar-refractivity contribution in [3.63, 3.8) is 0 Å². The van der Waals surface area contributed by atoms with Crippen molar-refractivity contribution in [1.82, 2.24) is 15.1 Å². The number of aromatic nitrogens is 2. The maximum atomic E-state index is 12.6. The van der Waals surface area contributed by atoms with Gasteiger partial charge in [0.2, 0.25) is 0 Å². The number of hydrogen-bond donors (Lipinski definition) is 2. The summed E-state index contributed by atoms with van der Waals surface area (Å²) in [6.07, 6.45) is -2.71. The van der Waals surface area contributed by atoms with E-state index >= 15 is 0 Å². The molecule has 4 nitrogen and oxygen atoms in total. The molecule has 0 spiro atoms. The van der Waals surface area contributed by atoms with Crippen molar-refractivity contribution in [2.75, 3.05) is 13.7 Å². The number of rotatable bonds is 5. The molecule has 21 heavy (non-hydrogen) atoms. The molecule has 0 aliphatic carbocycles. The topological polar surface area (TPSA) is 50.1 Å². The third-order valence-corrected chi connectivity index (χ3v) is 3.47. The van der Waals surface area contributed by atoms with Gasteiger partial charge < -0.3 is 10.4 Å². The summed E-state index contributed by atoms with van der Waals surface area (Å²) >= 11 is 0. The third kappa shape index (κ3) is 3.25. The zero-order valence-electron chi connectivity index (χ0n) is 11.4. The van der Waals surface area contributed by atoms with Crippen LogP contribution in [0.1, 0.15) is 11.1 Å². The van der Waals surface area contributed by atoms with Crippen LogP contribution in [0.4, 0.5) is 13.2 Å². The first-order valence-corrected chi connectivity index (χ1v) is 6.36. The highest BCUT2D eigenvalue weighted by atomic mass is 19.4. The molecule has 1 aromatic carbocycles. The molecular formula is C14H16F3N3O. The molecule has 7 heteroatoms. The molecule has 0 saturated carbocycles. The highest BCUT2D eigenvalue weighted by molar-refractivity contribution is 5.24. The Balaban J connectivity index is 2.31. The Morgan fingerprint density at radius 2 is 1.86 bits per heavy atom. The predicted molar refractivity (Wildman–Crippen MR) is 71.5 cm³/mol. The first kappa shape index (κ1) is 15.5. The number of alkyl halides is 3. The summed E-state index contributed by atoms with van der Waals surface area (Å²) in [5.41, 5.74) is -0.923. The Morgan fingerprint density at radius 1 is 1.19 bits per heavy atom. The van der Waals surface area contributed by atoms with E-state index in [1.165, 1.54) is 4.68 Å². The summed E-state index contributed by atoms with van der Waals surface area (Å²) in [6, 6.07) is 9.06. The lowest BCUT2D eigenvalue weighted by atomic mass is 9.91. The fourth-order valence-electron chi connectivity index (χ4n) is 2.17. The zero-order valence-corrected chi connectivity index (χ0v) is 11.4. The minimum absolute atomic E-state index is 0.0834. The van der Waals surface area contributed by atoms with Crippen LogP contribution < -0.4 is 5.32 Å². The van der Waals surface area contributed by atoms with E-state index in [9.17, 15) is 18.3 Å². The van der Waals surface area contributed by atoms with Crippen molar-refractivity contribution in [2.45, 2.75) is 18.3 Å². The van der Waals surface area contributed by atoms with E-state index in [0.29, 0.717) is 0 Å². The van der Waals surface area contributed by atoms with Gasteiger partial charge in [-0.1, -0.05) is 30.3 Å². The fourth-order valence-corrected chi connectivity index (χ4v) is 2.17. The van der Waals surface area contributed by atoms with Gasteiger partial charge in [0.05, 0.1) is 30.5 Å². The quantitative estimate of drug-likeness (QED) is 0.888. The van der Waals surface area contributed by atoms with Gasteiger partial charge in [0.1, 0.15) is 0 Å². The van der Waals surface area contributed by atoms with Crippen molar-refractivity contribution in [3.8, 4) is 0 Å². The lowest BCUT2D eigenvalue weighted by Crippen LogP contribution is -2.47. The minimum atomic E-state index is -4.42. The standard InChI is InChI=1S/C14H16F3N3O/c1-18-13(10-21,11-5-3-2-4-6-11)9-20-8-12(7-19-20)14(15,16)17/h2-8,18,21H,9-10H2,1H3. The second-order valence-electron chi connectivity index (χ2n) is 4.78. The number of nitrogens with zero attached hydrogens (tertiary/aromatic N) is 2. The number of likely N-dealkylation sites (N-methyl/N-ethyl adjacent to an activating group) is 1. The molecule has 2 aromatic rings. The molecule has 1 unspecified atom stereocenters. The average Bonchev–Trinajstić information content (AvgIpc) is 2.94. The van der Waals surface area contributed by atoms with Crippen molar-refractivity contribution < 1.29 is 18.3 Å². The summed E-state index contributed by atoms with van der Waals surface area (Å²) in [5.74, 6) is 0. The van der Waals surface area contributed by atoms with Crippen molar-refractivity contribution in [1.29, 1.82) is 0 Å². The van der Waals surface area contributed by atoms with Gasteiger partial charge in [-0.3, -0.25) is 4.68 Å². The largest absolute Gasteiger partial charge is 0.419 e. The van der Waals surface area contributed by atoms with Crippen LogP contribution in [0.5, 0.6) is 0 Å². The molecule has 0 aliphatic rings. The van der Waals surface area contributed by atoms with Crippen LogP contribution in [0.25, 0.3) is 0 Å². The molecule has 0 amide bonds. The molecule has 0 saturated heterocycles. The van der Waals surface area contributed by atoms with Crippen LogP contribution in [0.3, 0.4) is 0 Å². The van der Waals surface area contributed by atoms with E-state index < -0.39 is 17.3 Å². The number of hydrogen-bond acceptors (Lipinski definition) is 3. The zero-order chi connectivity index (χ0) is 15.5. The van der Waals surface area contributed by atoms with Gasteiger partial charge in [-0.05, 0) is 12.6 Å². The molecule has 0 fully saturated rings. The maximum absolute atomic E-state index is 12.6. The summed E-state index contributed by atoms with van der Waals surface area (Å²) in [6.45, 7) is -0.186. The SMILES string of the molecule is CNC(CO)(Cn1cc(C(F)(F)F)cn1)c1ccccc1. The summed E-state index contributed by atoms with van der Waals surface area (Å²) in [7, 11) is 1.65. The second kappa shape index (κ2) is 5.87. The number of halogens is 3. The summed E-state index contributed by atoms with van der Waals surface area (Å²) in [5, 5.41) is 16.5. The van der Waals surface area contributed by atoms with Gasteiger partial charge in [0.25, 0.3) is 0 Å². The number of nitrogens with one attached hydrogen (secondary N) is 1. The van der Waals surface area contributed by atoms with Crippen molar-refractivity contribution in [3.05, 3.63) is 53.9 Å². The van der Waals surface area contributed by atoms with E-state index in [2.05, 4.69) is 10.4 Å². The van der Waals surface area contributed by atoms with Crippen LogP contribution in [0, 0.1) is 0 Å². The fraction of sp³-hybridized carbons (Fsp3) is 0.357. The van der Waals surface area contributed by atoms with Crippen LogP contribution in [0.2, 0.25) is 0 Å². The van der Waals surface area contributed by atoms with Gasteiger partial charge in [-0.15, -0.1) is 0 Å². The molecule has 0 radical (unpaired) electrons. The van der Waals surface area contributed by atoms with Crippen LogP contribution in [-0.2, 0) is 18.3 Å². The molecule has 1 aromatic heterocycles. The van der Waals surface area contributed by atoms with Crippen LogP contribution >= 0.6 is 0 Å². The lowest BCUT2D eigenvalue weighted by molar-refractivity contribution is -0.137. The maximum Gasteiger partial charge on any atom is 0.419 e. The van der Waals surface area contributed by atoms with Crippen LogP contribution in [0.15, 0.2) is 42.7 Å². The first-order chi connectivity index (χ1) is 9.91. The Bertz CT molecular complexity index is 577. The normalized spacial score (nSPS) is 14.9. The minimum Gasteiger partial charge on any atom is -0.394 e. The molecule has 0 aliphatic heterocycles. The highest BCUT2D eigenvalue weighted by Gasteiger charge is 2.34. The highest BCUT2D eigenvalue weighted by Crippen LogP contribution is 2.29. The molecule has 2 N–H and O–H groups in total. The average molecular weight is 299 g/mol. The van der Waals surface area contributed by atoms with Gasteiger partial charge >= 0.3 is 6.18 Å². The van der Waals surface area contributed by atoms with E-state index in [4.69, 9.17) is 0 Å². The first-order valence-electron chi connectivity index (χ1n) is 6.36. The van der Waals surface area contributed by atoms with Gasteiger partial charge in [-0.2, -0.15) is 18.3 Å². The van der Waals surface area contributed by atoms with Crippen molar-refractivity contribution >= 4 is 0 Å². The number of aliphatic hydroxyl groups excluding tert-OH is 1. The van der Waals surface area contributed by atoms with Gasteiger partial charge in [0.15, 0.2) is 0 Å². The lowest BCUT2D eigenvalue weighted by Gasteiger charge is -2.32. The summed E-state index contributed by atoms with van der Waals surface area (Å²) in [4.78, 5) is 0. The molecule has 114 valence electrons. The smallest absolute Gasteiger partial charge is 0.394 e. The number of aliphatic hydroxyl groups is 1. The Kier molecular flexibility index (Phi) is 4.34. The molecule has 0 bridgehead atoms. The molecule has 1 atom stereocenters. The molecule has 1 heterocycles. The molecule has 2 rings (SSSR count). The van der Waals surface area contributed by atoms with E-state index in [1.807, 2.05) is 6.07 Å². The Hall–Kier alpha value is -1.86. The van der Waals surface area contributed by atoms with Gasteiger partial charge in [0, 0.05) is 6.20 Å². The van der Waals surface area contributed by atoms with E-state index in [1.54, 1.807) is 31.3 Å². The predicted octanol–water partition coefficient (Wildman–Crippen LogP) is 2.01. The van der Waals surface area contributed by atoms with E-state index in [-0.39, 0.29) is 13.2 Å². The molecular weight excluding hydrogens is 283 g/mol. The summed E-state index contributed by atoms with van der Waals surface area (Å²) < 4.78 is 39.0. The monoisotopic (exact) mass is 299 g/mol. The third-order valence-electron chi connectivity index (χ3n) is 3.47. The van der Waals surface area contributed by atoms with E-state index in [0.717, 1.165) is 18.0 Å². The Morgan fingerprint density at radius 3 is 2.33 bits per heavy atom. The van der Waals surface area contributed by atoms with Crippen LogP contribution in [-0.4, -0.2) is 28.5 Å². The Labute approximate surface area is 120 Å².